The third-order valence-electron chi connectivity index (χ3n) is 2.26. The van der Waals surface area contributed by atoms with E-state index in [1.54, 1.807) is 13.0 Å². The minimum atomic E-state index is -0.292. The molecule has 3 nitrogen and oxygen atoms in total. The van der Waals surface area contributed by atoms with Gasteiger partial charge in [-0.05, 0) is 30.7 Å². The zero-order valence-electron chi connectivity index (χ0n) is 8.54. The number of aryl methyl sites for hydroxylation is 1. The fourth-order valence-corrected chi connectivity index (χ4v) is 1.66. The molecule has 5 heteroatoms. The Kier molecular flexibility index (Phi) is 2.75. The number of anilines is 1. The zero-order valence-corrected chi connectivity index (χ0v) is 9.29. The van der Waals surface area contributed by atoms with E-state index < -0.39 is 0 Å². The second-order valence-electron chi connectivity index (χ2n) is 3.38. The molecule has 0 saturated carbocycles. The molecule has 16 heavy (non-hydrogen) atoms. The van der Waals surface area contributed by atoms with E-state index in [1.165, 1.54) is 18.5 Å². The molecule has 0 bridgehead atoms. The van der Waals surface area contributed by atoms with Gasteiger partial charge in [0, 0.05) is 5.56 Å². The number of hydrogen-bond donors (Lipinski definition) is 1. The lowest BCUT2D eigenvalue weighted by Gasteiger charge is -2.07. The van der Waals surface area contributed by atoms with Crippen molar-refractivity contribution >= 4 is 17.4 Å². The fourth-order valence-electron chi connectivity index (χ4n) is 1.46. The third-order valence-corrected chi connectivity index (χ3v) is 2.63. The number of nitrogen functional groups attached to an aromatic ring is 1. The average Bonchev–Trinajstić information content (AvgIpc) is 2.23. The summed E-state index contributed by atoms with van der Waals surface area (Å²) in [5.41, 5.74) is 7.60. The van der Waals surface area contributed by atoms with E-state index in [4.69, 9.17) is 17.3 Å². The maximum Gasteiger partial charge on any atom is 0.146 e. The molecule has 0 aliphatic carbocycles. The average molecular weight is 238 g/mol. The molecule has 0 saturated heterocycles. The van der Waals surface area contributed by atoms with Gasteiger partial charge in [0.15, 0.2) is 0 Å². The van der Waals surface area contributed by atoms with Crippen LogP contribution in [0, 0.1) is 12.7 Å². The fraction of sp³-hybridized carbons (Fsp3) is 0.0909. The molecule has 0 radical (unpaired) electrons. The van der Waals surface area contributed by atoms with Crippen LogP contribution >= 0.6 is 11.6 Å². The van der Waals surface area contributed by atoms with Crippen LogP contribution in [0.3, 0.4) is 0 Å². The minimum absolute atomic E-state index is 0.218. The van der Waals surface area contributed by atoms with Gasteiger partial charge in [0.05, 0.1) is 5.69 Å². The van der Waals surface area contributed by atoms with Crippen molar-refractivity contribution < 1.29 is 4.39 Å². The first-order valence-electron chi connectivity index (χ1n) is 4.62. The summed E-state index contributed by atoms with van der Waals surface area (Å²) in [5.74, 6) is -0.0743. The summed E-state index contributed by atoms with van der Waals surface area (Å²) >= 11 is 6.00. The Hall–Kier alpha value is -1.68. The summed E-state index contributed by atoms with van der Waals surface area (Å²) in [7, 11) is 0. The van der Waals surface area contributed by atoms with Gasteiger partial charge in [-0.25, -0.2) is 14.4 Å². The van der Waals surface area contributed by atoms with Crippen LogP contribution < -0.4 is 5.73 Å². The Morgan fingerprint density at radius 3 is 2.75 bits per heavy atom. The van der Waals surface area contributed by atoms with Crippen molar-refractivity contribution in [2.24, 2.45) is 0 Å². The van der Waals surface area contributed by atoms with Crippen molar-refractivity contribution in [2.75, 3.05) is 5.73 Å². The first-order valence-corrected chi connectivity index (χ1v) is 5.00. The molecule has 0 atom stereocenters. The maximum atomic E-state index is 13.0. The van der Waals surface area contributed by atoms with Crippen LogP contribution in [-0.4, -0.2) is 9.97 Å². The molecule has 0 spiro atoms. The Bertz CT molecular complexity index is 543. The van der Waals surface area contributed by atoms with Crippen LogP contribution in [0.2, 0.25) is 5.02 Å². The highest BCUT2D eigenvalue weighted by atomic mass is 35.5. The molecule has 0 unspecified atom stereocenters. The molecule has 2 rings (SSSR count). The van der Waals surface area contributed by atoms with Gasteiger partial charge < -0.3 is 5.73 Å². The topological polar surface area (TPSA) is 51.8 Å². The van der Waals surface area contributed by atoms with Crippen LogP contribution in [-0.2, 0) is 0 Å². The van der Waals surface area contributed by atoms with E-state index in [2.05, 4.69) is 9.97 Å². The molecule has 0 amide bonds. The number of hydrogen-bond acceptors (Lipinski definition) is 3. The quantitative estimate of drug-likeness (QED) is 0.830. The molecule has 0 aliphatic heterocycles. The predicted octanol–water partition coefficient (Wildman–Crippen LogP) is 2.83. The van der Waals surface area contributed by atoms with Gasteiger partial charge in [0.2, 0.25) is 0 Å². The molecule has 1 aromatic carbocycles. The zero-order chi connectivity index (χ0) is 11.7. The number of benzene rings is 1. The first-order chi connectivity index (χ1) is 7.59. The van der Waals surface area contributed by atoms with Gasteiger partial charge in [-0.1, -0.05) is 11.6 Å². The van der Waals surface area contributed by atoms with Crippen LogP contribution in [0.1, 0.15) is 5.56 Å². The van der Waals surface area contributed by atoms with Gasteiger partial charge in [-0.2, -0.15) is 0 Å². The van der Waals surface area contributed by atoms with E-state index in [1.807, 2.05) is 0 Å². The van der Waals surface area contributed by atoms with Crippen LogP contribution in [0.25, 0.3) is 11.3 Å². The Morgan fingerprint density at radius 2 is 2.06 bits per heavy atom. The number of nitrogens with zero attached hydrogens (tertiary/aromatic N) is 2. The Balaban J connectivity index is 2.63. The normalized spacial score (nSPS) is 10.4. The molecule has 2 aromatic rings. The summed E-state index contributed by atoms with van der Waals surface area (Å²) in [6, 6.07) is 4.40. The predicted molar refractivity (Wildman–Crippen MR) is 61.6 cm³/mol. The van der Waals surface area contributed by atoms with Crippen molar-refractivity contribution in [3.05, 3.63) is 40.9 Å². The molecule has 2 N–H and O–H groups in total. The van der Waals surface area contributed by atoms with Crippen molar-refractivity contribution in [2.45, 2.75) is 6.92 Å². The van der Waals surface area contributed by atoms with Gasteiger partial charge >= 0.3 is 0 Å². The second kappa shape index (κ2) is 4.06. The van der Waals surface area contributed by atoms with Crippen molar-refractivity contribution in [3.63, 3.8) is 0 Å². The summed E-state index contributed by atoms with van der Waals surface area (Å²) in [5, 5.41) is 0.289. The minimum Gasteiger partial charge on any atom is -0.382 e. The van der Waals surface area contributed by atoms with Crippen molar-refractivity contribution in [3.8, 4) is 11.3 Å². The standard InChI is InChI=1S/C11H9ClFN3/c1-6-4-7(13)2-3-8(6)10-9(12)11(14)16-5-15-10/h2-5H,1H3,(H2,14,15,16). The second-order valence-corrected chi connectivity index (χ2v) is 3.76. The van der Waals surface area contributed by atoms with E-state index >= 15 is 0 Å². The molecular formula is C11H9ClFN3. The van der Waals surface area contributed by atoms with E-state index in [-0.39, 0.29) is 16.7 Å². The maximum absolute atomic E-state index is 13.0. The van der Waals surface area contributed by atoms with Crippen LogP contribution in [0.4, 0.5) is 10.2 Å². The molecule has 1 heterocycles. The number of aromatic nitrogens is 2. The lowest BCUT2D eigenvalue weighted by atomic mass is 10.1. The van der Waals surface area contributed by atoms with Gasteiger partial charge in [-0.3, -0.25) is 0 Å². The molecule has 82 valence electrons. The summed E-state index contributed by atoms with van der Waals surface area (Å²) in [4.78, 5) is 7.83. The lowest BCUT2D eigenvalue weighted by molar-refractivity contribution is 0.627. The largest absolute Gasteiger partial charge is 0.382 e. The highest BCUT2D eigenvalue weighted by molar-refractivity contribution is 6.35. The number of nitrogens with two attached hydrogens (primary N) is 1. The monoisotopic (exact) mass is 237 g/mol. The van der Waals surface area contributed by atoms with Crippen molar-refractivity contribution in [1.82, 2.24) is 9.97 Å². The van der Waals surface area contributed by atoms with E-state index in [9.17, 15) is 4.39 Å². The molecule has 1 aromatic heterocycles. The molecule has 0 fully saturated rings. The van der Waals surface area contributed by atoms with Gasteiger partial charge in [0.25, 0.3) is 0 Å². The first kappa shape index (κ1) is 10.8. The van der Waals surface area contributed by atoms with E-state index in [0.29, 0.717) is 5.69 Å². The smallest absolute Gasteiger partial charge is 0.146 e. The van der Waals surface area contributed by atoms with Crippen LogP contribution in [0.5, 0.6) is 0 Å². The van der Waals surface area contributed by atoms with Crippen LogP contribution in [0.15, 0.2) is 24.5 Å². The summed E-state index contributed by atoms with van der Waals surface area (Å²) in [6.45, 7) is 1.78. The van der Waals surface area contributed by atoms with E-state index in [0.717, 1.165) is 11.1 Å². The lowest BCUT2D eigenvalue weighted by Crippen LogP contribution is -1.96. The van der Waals surface area contributed by atoms with Gasteiger partial charge in [-0.15, -0.1) is 0 Å². The third kappa shape index (κ3) is 1.84. The Morgan fingerprint density at radius 1 is 1.31 bits per heavy atom. The SMILES string of the molecule is Cc1cc(F)ccc1-c1ncnc(N)c1Cl. The number of rotatable bonds is 1. The highest BCUT2D eigenvalue weighted by Crippen LogP contribution is 2.30. The van der Waals surface area contributed by atoms with Crippen molar-refractivity contribution in [1.29, 1.82) is 0 Å². The molecular weight excluding hydrogens is 229 g/mol. The molecule has 0 aliphatic rings. The van der Waals surface area contributed by atoms with Gasteiger partial charge in [0.1, 0.15) is 23.0 Å². The summed E-state index contributed by atoms with van der Waals surface area (Å²) < 4.78 is 13.0. The highest BCUT2D eigenvalue weighted by Gasteiger charge is 2.11. The Labute approximate surface area is 97.1 Å². The summed E-state index contributed by atoms with van der Waals surface area (Å²) in [6.07, 6.45) is 1.33. The number of halogens is 2.